The van der Waals surface area contributed by atoms with E-state index < -0.39 is 5.97 Å². The average molecular weight is 235 g/mol. The lowest BCUT2D eigenvalue weighted by Crippen LogP contribution is -2.30. The molecule has 1 rings (SSSR count). The quantitative estimate of drug-likeness (QED) is 0.782. The highest BCUT2D eigenvalue weighted by molar-refractivity contribution is 5.82. The third kappa shape index (κ3) is 5.15. The van der Waals surface area contributed by atoms with Gasteiger partial charge < -0.3 is 10.4 Å². The van der Waals surface area contributed by atoms with Crippen LogP contribution in [0.1, 0.15) is 24.5 Å². The number of carboxylic acids is 1. The van der Waals surface area contributed by atoms with Gasteiger partial charge in [0.25, 0.3) is 0 Å². The monoisotopic (exact) mass is 235 g/mol. The van der Waals surface area contributed by atoms with E-state index in [1.807, 2.05) is 24.3 Å². The van der Waals surface area contributed by atoms with E-state index >= 15 is 0 Å². The molecule has 0 fully saturated rings. The summed E-state index contributed by atoms with van der Waals surface area (Å²) >= 11 is 0. The van der Waals surface area contributed by atoms with Gasteiger partial charge in [0.1, 0.15) is 6.54 Å². The van der Waals surface area contributed by atoms with Crippen LogP contribution in [-0.4, -0.2) is 23.5 Å². The highest BCUT2D eigenvalue weighted by Gasteiger charge is 2.05. The Morgan fingerprint density at radius 1 is 1.18 bits per heavy atom. The van der Waals surface area contributed by atoms with Gasteiger partial charge in [0.15, 0.2) is 0 Å². The summed E-state index contributed by atoms with van der Waals surface area (Å²) in [5.41, 5.74) is 2.15. The number of amides is 1. The van der Waals surface area contributed by atoms with Crippen LogP contribution < -0.4 is 5.32 Å². The molecule has 1 amide bonds. The second-order valence-electron chi connectivity index (χ2n) is 3.91. The minimum atomic E-state index is -1.03. The summed E-state index contributed by atoms with van der Waals surface area (Å²) < 4.78 is 0. The van der Waals surface area contributed by atoms with E-state index in [1.54, 1.807) is 0 Å². The summed E-state index contributed by atoms with van der Waals surface area (Å²) in [6, 6.07) is 7.82. The Morgan fingerprint density at radius 2 is 1.76 bits per heavy atom. The van der Waals surface area contributed by atoms with Crippen LogP contribution in [0.5, 0.6) is 0 Å². The third-order valence-corrected chi connectivity index (χ3v) is 2.36. The average Bonchev–Trinajstić information content (AvgIpc) is 2.29. The number of hydrogen-bond acceptors (Lipinski definition) is 2. The first-order chi connectivity index (χ1) is 8.11. The molecular formula is C13H17NO3. The zero-order valence-electron chi connectivity index (χ0n) is 9.90. The van der Waals surface area contributed by atoms with E-state index in [9.17, 15) is 9.59 Å². The number of carbonyl (C=O) groups excluding carboxylic acids is 1. The first-order valence-corrected chi connectivity index (χ1v) is 5.68. The maximum Gasteiger partial charge on any atom is 0.322 e. The van der Waals surface area contributed by atoms with Crippen LogP contribution in [0.2, 0.25) is 0 Å². The van der Waals surface area contributed by atoms with Crippen molar-refractivity contribution in [2.75, 3.05) is 6.54 Å². The topological polar surface area (TPSA) is 66.4 Å². The molecule has 0 atom stereocenters. The van der Waals surface area contributed by atoms with Crippen LogP contribution in [0.4, 0.5) is 0 Å². The largest absolute Gasteiger partial charge is 0.480 e. The summed E-state index contributed by atoms with van der Waals surface area (Å²) in [6.45, 7) is 1.79. The molecule has 0 unspecified atom stereocenters. The zero-order valence-corrected chi connectivity index (χ0v) is 9.90. The van der Waals surface area contributed by atoms with Gasteiger partial charge in [-0.2, -0.15) is 0 Å². The van der Waals surface area contributed by atoms with Gasteiger partial charge in [-0.25, -0.2) is 0 Å². The van der Waals surface area contributed by atoms with Crippen LogP contribution in [0.25, 0.3) is 0 Å². The van der Waals surface area contributed by atoms with Gasteiger partial charge in [-0.05, 0) is 17.5 Å². The van der Waals surface area contributed by atoms with Gasteiger partial charge in [0, 0.05) is 0 Å². The van der Waals surface area contributed by atoms with Gasteiger partial charge in [-0.15, -0.1) is 0 Å². The molecule has 4 heteroatoms. The van der Waals surface area contributed by atoms with Crippen LogP contribution >= 0.6 is 0 Å². The smallest absolute Gasteiger partial charge is 0.322 e. The highest BCUT2D eigenvalue weighted by Crippen LogP contribution is 2.07. The Labute approximate surface area is 101 Å². The molecule has 92 valence electrons. The number of aryl methyl sites for hydroxylation is 1. The predicted octanol–water partition coefficient (Wildman–Crippen LogP) is 1.38. The number of benzene rings is 1. The minimum Gasteiger partial charge on any atom is -0.480 e. The van der Waals surface area contributed by atoms with Gasteiger partial charge in [0.05, 0.1) is 6.42 Å². The van der Waals surface area contributed by atoms with Crippen molar-refractivity contribution in [1.82, 2.24) is 5.32 Å². The molecule has 17 heavy (non-hydrogen) atoms. The lowest BCUT2D eigenvalue weighted by molar-refractivity contribution is -0.137. The summed E-state index contributed by atoms with van der Waals surface area (Å²) in [4.78, 5) is 21.6. The molecule has 2 N–H and O–H groups in total. The Kier molecular flexibility index (Phi) is 5.20. The maximum absolute atomic E-state index is 11.4. The van der Waals surface area contributed by atoms with Crippen molar-refractivity contribution >= 4 is 11.9 Å². The lowest BCUT2D eigenvalue weighted by atomic mass is 10.1. The van der Waals surface area contributed by atoms with E-state index in [2.05, 4.69) is 12.2 Å². The molecule has 0 aliphatic rings. The molecule has 0 spiro atoms. The fourth-order valence-corrected chi connectivity index (χ4v) is 1.53. The number of aliphatic carboxylic acids is 1. The summed E-state index contributed by atoms with van der Waals surface area (Å²) in [6.07, 6.45) is 2.35. The predicted molar refractivity (Wildman–Crippen MR) is 64.8 cm³/mol. The molecule has 4 nitrogen and oxygen atoms in total. The van der Waals surface area contributed by atoms with E-state index in [0.29, 0.717) is 0 Å². The SMILES string of the molecule is CCCc1ccc(CC(=O)NCC(=O)O)cc1. The number of hydrogen-bond donors (Lipinski definition) is 2. The molecule has 1 aromatic rings. The van der Waals surface area contributed by atoms with Gasteiger partial charge in [-0.1, -0.05) is 37.6 Å². The molecule has 0 saturated carbocycles. The summed E-state index contributed by atoms with van der Waals surface area (Å²) in [5, 5.41) is 10.7. The van der Waals surface area contributed by atoms with Crippen molar-refractivity contribution in [2.45, 2.75) is 26.2 Å². The molecule has 0 radical (unpaired) electrons. The summed E-state index contributed by atoms with van der Waals surface area (Å²) in [7, 11) is 0. The molecule has 0 saturated heterocycles. The van der Waals surface area contributed by atoms with Crippen LogP contribution in [0.3, 0.4) is 0 Å². The van der Waals surface area contributed by atoms with Crippen molar-refractivity contribution in [3.05, 3.63) is 35.4 Å². The second kappa shape index (κ2) is 6.68. The maximum atomic E-state index is 11.4. The van der Waals surface area contributed by atoms with Gasteiger partial charge in [0.2, 0.25) is 5.91 Å². The fraction of sp³-hybridized carbons (Fsp3) is 0.385. The third-order valence-electron chi connectivity index (χ3n) is 2.36. The zero-order chi connectivity index (χ0) is 12.7. The Hall–Kier alpha value is -1.84. The molecular weight excluding hydrogens is 218 g/mol. The minimum absolute atomic E-state index is 0.222. The van der Waals surface area contributed by atoms with Crippen LogP contribution in [0.15, 0.2) is 24.3 Å². The van der Waals surface area contributed by atoms with Crippen LogP contribution in [-0.2, 0) is 22.4 Å². The first kappa shape index (κ1) is 13.2. The van der Waals surface area contributed by atoms with E-state index in [4.69, 9.17) is 5.11 Å². The second-order valence-corrected chi connectivity index (χ2v) is 3.91. The fourth-order valence-electron chi connectivity index (χ4n) is 1.53. The van der Waals surface area contributed by atoms with Crippen molar-refractivity contribution in [1.29, 1.82) is 0 Å². The van der Waals surface area contributed by atoms with Crippen LogP contribution in [0, 0.1) is 0 Å². The van der Waals surface area contributed by atoms with Crippen molar-refractivity contribution in [3.8, 4) is 0 Å². The molecule has 0 aromatic heterocycles. The number of rotatable bonds is 6. The molecule has 0 bridgehead atoms. The molecule has 0 heterocycles. The normalized spacial score (nSPS) is 9.94. The Balaban J connectivity index is 2.45. The first-order valence-electron chi connectivity index (χ1n) is 5.68. The Bertz CT molecular complexity index is 384. The van der Waals surface area contributed by atoms with E-state index in [0.717, 1.165) is 18.4 Å². The number of carbonyl (C=O) groups is 2. The number of nitrogens with one attached hydrogen (secondary N) is 1. The lowest BCUT2D eigenvalue weighted by Gasteiger charge is -2.04. The molecule has 0 aliphatic carbocycles. The molecule has 0 aliphatic heterocycles. The van der Waals surface area contributed by atoms with E-state index in [1.165, 1.54) is 5.56 Å². The van der Waals surface area contributed by atoms with Gasteiger partial charge >= 0.3 is 5.97 Å². The van der Waals surface area contributed by atoms with E-state index in [-0.39, 0.29) is 18.9 Å². The van der Waals surface area contributed by atoms with Crippen molar-refractivity contribution in [3.63, 3.8) is 0 Å². The molecule has 1 aromatic carbocycles. The number of carboxylic acid groups (broad SMARTS) is 1. The highest BCUT2D eigenvalue weighted by atomic mass is 16.4. The van der Waals surface area contributed by atoms with Crippen molar-refractivity contribution < 1.29 is 14.7 Å². The standard InChI is InChI=1S/C13H17NO3/c1-2-3-10-4-6-11(7-5-10)8-12(15)14-9-13(16)17/h4-7H,2-3,8-9H2,1H3,(H,14,15)(H,16,17). The van der Waals surface area contributed by atoms with Crippen molar-refractivity contribution in [2.24, 2.45) is 0 Å². The van der Waals surface area contributed by atoms with Gasteiger partial charge in [-0.3, -0.25) is 9.59 Å². The Morgan fingerprint density at radius 3 is 2.29 bits per heavy atom. The summed E-state index contributed by atoms with van der Waals surface area (Å²) in [5.74, 6) is -1.30.